The van der Waals surface area contributed by atoms with Gasteiger partial charge < -0.3 is 25.6 Å². The van der Waals surface area contributed by atoms with Crippen LogP contribution in [0.5, 0.6) is 5.75 Å². The number of piperazine rings is 1. The van der Waals surface area contributed by atoms with Crippen LogP contribution < -0.4 is 30.9 Å². The monoisotopic (exact) mass is 699 g/mol. The molecule has 49 heavy (non-hydrogen) atoms. The highest BCUT2D eigenvalue weighted by Gasteiger charge is 2.25. The van der Waals surface area contributed by atoms with E-state index in [2.05, 4.69) is 71.3 Å². The number of nitrogens with one attached hydrogen (secondary N) is 3. The third-order valence-electron chi connectivity index (χ3n) is 9.33. The Morgan fingerprint density at radius 1 is 0.980 bits per heavy atom. The molecule has 256 valence electrons. The van der Waals surface area contributed by atoms with Crippen LogP contribution in [0.3, 0.4) is 0 Å². The van der Waals surface area contributed by atoms with Crippen LogP contribution in [0.1, 0.15) is 12.8 Å². The number of methoxy groups -OCH3 is 1. The second kappa shape index (κ2) is 14.8. The number of piperidine rings is 1. The highest BCUT2D eigenvalue weighted by atomic mass is 35.5. The van der Waals surface area contributed by atoms with Crippen LogP contribution in [0.4, 0.5) is 28.8 Å². The number of ether oxygens (including phenoxy) is 1. The molecule has 5 heterocycles. The molecule has 7 rings (SSSR count). The number of anilines is 5. The van der Waals surface area contributed by atoms with Crippen molar-refractivity contribution in [3.63, 3.8) is 0 Å². The number of hydrogen-bond acceptors (Lipinski definition) is 11. The van der Waals surface area contributed by atoms with Crippen molar-refractivity contribution in [3.05, 3.63) is 60.3 Å². The Kier molecular flexibility index (Phi) is 10.1. The Morgan fingerprint density at radius 2 is 1.78 bits per heavy atom. The van der Waals surface area contributed by atoms with Gasteiger partial charge in [0.2, 0.25) is 5.95 Å². The van der Waals surface area contributed by atoms with Crippen LogP contribution in [-0.2, 0) is 7.05 Å². The first-order valence-electron chi connectivity index (χ1n) is 16.7. The molecule has 2 aliphatic rings. The summed E-state index contributed by atoms with van der Waals surface area (Å²) in [5.74, 6) is 2.37. The van der Waals surface area contributed by atoms with Gasteiger partial charge in [0.15, 0.2) is 5.82 Å². The maximum atomic E-state index is 6.65. The molecule has 2 saturated heterocycles. The lowest BCUT2D eigenvalue weighted by Crippen LogP contribution is -2.48. The van der Waals surface area contributed by atoms with Crippen LogP contribution in [-0.4, -0.2) is 101 Å². The standard InChI is InChI=1S/C35H43ClN11OP/c1-45-22-24(19-41-45)25-17-29(31(48-2)18-30(25)47-15-13-46(14-16-47)21-23-7-9-37-10-8-23)43-35-40-20-26(36)34(44-35)42-28-6-5-27-32(33(28)49(3)4)39-12-11-38-27/h5-6,11-12,17-20,22-23,37H,7-10,13-16,21H2,1-4H3,(H2,40,42,43,44). The third kappa shape index (κ3) is 7.43. The summed E-state index contributed by atoms with van der Waals surface area (Å²) < 4.78 is 7.80. The second-order valence-corrected chi connectivity index (χ2v) is 15.5. The fourth-order valence-corrected chi connectivity index (χ4v) is 8.17. The van der Waals surface area contributed by atoms with Gasteiger partial charge in [0.25, 0.3) is 0 Å². The Morgan fingerprint density at radius 3 is 2.51 bits per heavy atom. The van der Waals surface area contributed by atoms with E-state index in [1.165, 1.54) is 19.4 Å². The summed E-state index contributed by atoms with van der Waals surface area (Å²) in [5.41, 5.74) is 6.60. The van der Waals surface area contributed by atoms with Crippen molar-refractivity contribution in [1.82, 2.24) is 39.9 Å². The smallest absolute Gasteiger partial charge is 0.229 e. The summed E-state index contributed by atoms with van der Waals surface area (Å²) in [4.78, 5) is 23.6. The van der Waals surface area contributed by atoms with Crippen molar-refractivity contribution in [2.45, 2.75) is 12.8 Å². The van der Waals surface area contributed by atoms with E-state index in [0.717, 1.165) is 89.7 Å². The molecule has 0 radical (unpaired) electrons. The van der Waals surface area contributed by atoms with E-state index in [4.69, 9.17) is 21.3 Å². The lowest BCUT2D eigenvalue weighted by atomic mass is 9.97. The minimum atomic E-state index is -0.516. The minimum absolute atomic E-state index is 0.388. The highest BCUT2D eigenvalue weighted by molar-refractivity contribution is 7.65. The van der Waals surface area contributed by atoms with Crippen molar-refractivity contribution in [2.75, 3.05) is 81.8 Å². The van der Waals surface area contributed by atoms with E-state index >= 15 is 0 Å². The van der Waals surface area contributed by atoms with Crippen molar-refractivity contribution >= 4 is 64.7 Å². The molecule has 14 heteroatoms. The Balaban J connectivity index is 1.16. The van der Waals surface area contributed by atoms with E-state index in [0.29, 0.717) is 22.5 Å². The van der Waals surface area contributed by atoms with Gasteiger partial charge in [-0.3, -0.25) is 19.5 Å². The van der Waals surface area contributed by atoms with Crippen LogP contribution >= 0.6 is 19.5 Å². The first-order valence-corrected chi connectivity index (χ1v) is 19.3. The lowest BCUT2D eigenvalue weighted by Gasteiger charge is -2.39. The number of aromatic nitrogens is 6. The largest absolute Gasteiger partial charge is 0.494 e. The van der Waals surface area contributed by atoms with Crippen LogP contribution in [0.2, 0.25) is 5.02 Å². The molecule has 0 aliphatic carbocycles. The first kappa shape index (κ1) is 33.4. The molecule has 2 aliphatic heterocycles. The van der Waals surface area contributed by atoms with Crippen molar-refractivity contribution < 1.29 is 4.74 Å². The Hall–Kier alpha value is -4.09. The fraction of sp³-hybridized carbons (Fsp3) is 0.400. The average molecular weight is 700 g/mol. The molecule has 0 spiro atoms. The van der Waals surface area contributed by atoms with Crippen molar-refractivity contribution in [3.8, 4) is 16.9 Å². The van der Waals surface area contributed by atoms with E-state index < -0.39 is 7.92 Å². The van der Waals surface area contributed by atoms with Crippen LogP contribution in [0.25, 0.3) is 22.2 Å². The summed E-state index contributed by atoms with van der Waals surface area (Å²) in [7, 11) is 3.12. The normalized spacial score (nSPS) is 16.0. The SMILES string of the molecule is COc1cc(N2CCN(CC3CCNCC3)CC2)c(-c2cnn(C)c2)cc1Nc1ncc(Cl)c(Nc2ccc3nccnc3c2P(C)C)n1. The lowest BCUT2D eigenvalue weighted by molar-refractivity contribution is 0.196. The zero-order valence-corrected chi connectivity index (χ0v) is 30.1. The summed E-state index contributed by atoms with van der Waals surface area (Å²) in [6.07, 6.45) is 11.5. The number of fused-ring (bicyclic) bond motifs is 1. The molecule has 5 aromatic rings. The van der Waals surface area contributed by atoms with Gasteiger partial charge in [0.05, 0.1) is 36.2 Å². The highest BCUT2D eigenvalue weighted by Crippen LogP contribution is 2.41. The molecule has 3 aromatic heterocycles. The quantitative estimate of drug-likeness (QED) is 0.161. The first-order chi connectivity index (χ1) is 23.9. The van der Waals surface area contributed by atoms with Gasteiger partial charge >= 0.3 is 0 Å². The number of benzene rings is 2. The van der Waals surface area contributed by atoms with Gasteiger partial charge in [-0.1, -0.05) is 19.5 Å². The van der Waals surface area contributed by atoms with Gasteiger partial charge in [-0.15, -0.1) is 0 Å². The predicted molar refractivity (Wildman–Crippen MR) is 201 cm³/mol. The van der Waals surface area contributed by atoms with E-state index in [9.17, 15) is 0 Å². The summed E-state index contributed by atoms with van der Waals surface area (Å²) >= 11 is 6.65. The van der Waals surface area contributed by atoms with Gasteiger partial charge in [-0.05, 0) is 63.4 Å². The molecule has 0 saturated carbocycles. The Labute approximate surface area is 293 Å². The van der Waals surface area contributed by atoms with Gasteiger partial charge in [0.1, 0.15) is 10.8 Å². The van der Waals surface area contributed by atoms with Gasteiger partial charge in [-0.25, -0.2) is 4.98 Å². The number of nitrogens with zero attached hydrogens (tertiary/aromatic N) is 8. The van der Waals surface area contributed by atoms with E-state index in [-0.39, 0.29) is 0 Å². The van der Waals surface area contributed by atoms with E-state index in [1.807, 2.05) is 36.3 Å². The maximum absolute atomic E-state index is 6.65. The van der Waals surface area contributed by atoms with Crippen LogP contribution in [0, 0.1) is 5.92 Å². The van der Waals surface area contributed by atoms with Crippen LogP contribution in [0.15, 0.2) is 55.2 Å². The van der Waals surface area contributed by atoms with Crippen molar-refractivity contribution in [2.24, 2.45) is 13.0 Å². The molecule has 0 unspecified atom stereocenters. The molecule has 2 fully saturated rings. The average Bonchev–Trinajstić information content (AvgIpc) is 3.56. The number of halogens is 1. The topological polar surface area (TPSA) is 121 Å². The third-order valence-corrected chi connectivity index (χ3v) is 11.0. The molecule has 0 amide bonds. The van der Waals surface area contributed by atoms with E-state index in [1.54, 1.807) is 25.7 Å². The predicted octanol–water partition coefficient (Wildman–Crippen LogP) is 5.46. The molecule has 0 atom stereocenters. The molecule has 3 N–H and O–H groups in total. The number of rotatable bonds is 10. The zero-order chi connectivity index (χ0) is 33.9. The molecule has 12 nitrogen and oxygen atoms in total. The van der Waals surface area contributed by atoms with Gasteiger partial charge in [0, 0.05) is 92.2 Å². The number of aryl methyl sites for hydroxylation is 1. The number of hydrogen-bond donors (Lipinski definition) is 3. The van der Waals surface area contributed by atoms with Crippen molar-refractivity contribution in [1.29, 1.82) is 0 Å². The summed E-state index contributed by atoms with van der Waals surface area (Å²) in [6, 6.07) is 8.20. The second-order valence-electron chi connectivity index (χ2n) is 12.9. The van der Waals surface area contributed by atoms with Gasteiger partial charge in [-0.2, -0.15) is 10.1 Å². The summed E-state index contributed by atoms with van der Waals surface area (Å²) in [5, 5.41) is 16.4. The molecular weight excluding hydrogens is 657 g/mol. The minimum Gasteiger partial charge on any atom is -0.494 e. The molecular formula is C35H43ClN11OP. The summed E-state index contributed by atoms with van der Waals surface area (Å²) in [6.45, 7) is 11.8. The molecule has 0 bridgehead atoms. The molecule has 2 aromatic carbocycles. The fourth-order valence-electron chi connectivity index (χ4n) is 6.83. The maximum Gasteiger partial charge on any atom is 0.229 e. The Bertz CT molecular complexity index is 1920. The zero-order valence-electron chi connectivity index (χ0n) is 28.4.